The summed E-state index contributed by atoms with van der Waals surface area (Å²) in [6.45, 7) is 2.38. The monoisotopic (exact) mass is 291 g/mol. The van der Waals surface area contributed by atoms with Gasteiger partial charge in [0.15, 0.2) is 0 Å². The fourth-order valence-electron chi connectivity index (χ4n) is 2.06. The first-order valence-corrected chi connectivity index (χ1v) is 6.80. The molecule has 4 heteroatoms. The maximum absolute atomic E-state index is 10.2. The minimum atomic E-state index is -0.647. The first kappa shape index (κ1) is 14.7. The molecule has 0 aliphatic heterocycles. The third-order valence-electron chi connectivity index (χ3n) is 3.16. The van der Waals surface area contributed by atoms with Crippen LogP contribution >= 0.6 is 11.6 Å². The van der Waals surface area contributed by atoms with Gasteiger partial charge in [-0.1, -0.05) is 29.8 Å². The summed E-state index contributed by atoms with van der Waals surface area (Å²) < 4.78 is 5.22. The van der Waals surface area contributed by atoms with Gasteiger partial charge in [0.05, 0.1) is 13.2 Å². The molecule has 106 valence electrons. The highest BCUT2D eigenvalue weighted by Crippen LogP contribution is 2.24. The molecule has 0 saturated carbocycles. The number of aliphatic hydroxyl groups excluding tert-OH is 1. The van der Waals surface area contributed by atoms with Crippen molar-refractivity contribution in [1.82, 2.24) is 0 Å². The zero-order valence-corrected chi connectivity index (χ0v) is 12.3. The summed E-state index contributed by atoms with van der Waals surface area (Å²) in [6, 6.07) is 13.1. The number of ether oxygens (including phenoxy) is 1. The number of aliphatic hydroxyl groups is 1. The molecular weight excluding hydrogens is 274 g/mol. The van der Waals surface area contributed by atoms with Crippen molar-refractivity contribution in [2.75, 3.05) is 19.0 Å². The van der Waals surface area contributed by atoms with Crippen LogP contribution in [0.15, 0.2) is 42.5 Å². The largest absolute Gasteiger partial charge is 0.496 e. The van der Waals surface area contributed by atoms with Crippen LogP contribution in [0, 0.1) is 6.92 Å². The van der Waals surface area contributed by atoms with Crippen LogP contribution in [-0.2, 0) is 0 Å². The standard InChI is InChI=1S/C16H18ClNO2/c1-11-9-12(7-8-16(11)20-2)18-10-15(19)13-5-3-4-6-14(13)17/h3-9,15,18-19H,10H2,1-2H3. The van der Waals surface area contributed by atoms with Gasteiger partial charge in [-0.2, -0.15) is 0 Å². The van der Waals surface area contributed by atoms with Gasteiger partial charge in [-0.05, 0) is 36.8 Å². The predicted molar refractivity (Wildman–Crippen MR) is 82.6 cm³/mol. The fourth-order valence-corrected chi connectivity index (χ4v) is 2.32. The van der Waals surface area contributed by atoms with Gasteiger partial charge < -0.3 is 15.2 Å². The number of rotatable bonds is 5. The molecule has 2 aromatic carbocycles. The van der Waals surface area contributed by atoms with Crippen molar-refractivity contribution < 1.29 is 9.84 Å². The third-order valence-corrected chi connectivity index (χ3v) is 3.50. The number of aryl methyl sites for hydroxylation is 1. The number of nitrogens with one attached hydrogen (secondary N) is 1. The van der Waals surface area contributed by atoms with Gasteiger partial charge in [0.25, 0.3) is 0 Å². The molecule has 2 N–H and O–H groups in total. The van der Waals surface area contributed by atoms with Crippen LogP contribution < -0.4 is 10.1 Å². The summed E-state index contributed by atoms with van der Waals surface area (Å²) in [5.74, 6) is 0.849. The zero-order chi connectivity index (χ0) is 14.5. The van der Waals surface area contributed by atoms with Gasteiger partial charge >= 0.3 is 0 Å². The van der Waals surface area contributed by atoms with Crippen molar-refractivity contribution in [1.29, 1.82) is 0 Å². The number of hydrogen-bond acceptors (Lipinski definition) is 3. The molecule has 0 fully saturated rings. The van der Waals surface area contributed by atoms with E-state index >= 15 is 0 Å². The van der Waals surface area contributed by atoms with E-state index in [-0.39, 0.29) is 0 Å². The number of hydrogen-bond donors (Lipinski definition) is 2. The van der Waals surface area contributed by atoms with Gasteiger partial charge in [0.1, 0.15) is 5.75 Å². The molecule has 0 radical (unpaired) electrons. The van der Waals surface area contributed by atoms with Gasteiger partial charge in [-0.3, -0.25) is 0 Å². The average Bonchev–Trinajstić information content (AvgIpc) is 2.45. The van der Waals surface area contributed by atoms with E-state index in [2.05, 4.69) is 5.32 Å². The molecule has 0 saturated heterocycles. The highest BCUT2D eigenvalue weighted by Gasteiger charge is 2.10. The van der Waals surface area contributed by atoms with E-state index in [1.807, 2.05) is 43.3 Å². The maximum atomic E-state index is 10.2. The van der Waals surface area contributed by atoms with Crippen molar-refractivity contribution in [3.63, 3.8) is 0 Å². The minimum absolute atomic E-state index is 0.398. The predicted octanol–water partition coefficient (Wildman–Crippen LogP) is 3.80. The first-order valence-electron chi connectivity index (χ1n) is 6.43. The molecule has 0 spiro atoms. The van der Waals surface area contributed by atoms with Crippen LogP contribution in [0.2, 0.25) is 5.02 Å². The highest BCUT2D eigenvalue weighted by molar-refractivity contribution is 6.31. The molecule has 0 bridgehead atoms. The summed E-state index contributed by atoms with van der Waals surface area (Å²) in [5, 5.41) is 13.9. The van der Waals surface area contributed by atoms with Gasteiger partial charge in [-0.15, -0.1) is 0 Å². The summed E-state index contributed by atoms with van der Waals surface area (Å²) in [5.41, 5.74) is 2.71. The molecule has 2 aromatic rings. The molecular formula is C16H18ClNO2. The molecule has 20 heavy (non-hydrogen) atoms. The van der Waals surface area contributed by atoms with Gasteiger partial charge in [0.2, 0.25) is 0 Å². The van der Waals surface area contributed by atoms with Gasteiger partial charge in [-0.25, -0.2) is 0 Å². The Kier molecular flexibility index (Phi) is 4.88. The van der Waals surface area contributed by atoms with E-state index in [9.17, 15) is 5.11 Å². The van der Waals surface area contributed by atoms with Crippen molar-refractivity contribution in [2.45, 2.75) is 13.0 Å². The van der Waals surface area contributed by atoms with Crippen molar-refractivity contribution >= 4 is 17.3 Å². The Morgan fingerprint density at radius 1 is 1.25 bits per heavy atom. The maximum Gasteiger partial charge on any atom is 0.121 e. The highest BCUT2D eigenvalue weighted by atomic mass is 35.5. The first-order chi connectivity index (χ1) is 9.61. The number of halogens is 1. The Morgan fingerprint density at radius 3 is 2.65 bits per heavy atom. The van der Waals surface area contributed by atoms with Gasteiger partial charge in [0, 0.05) is 22.8 Å². The number of methoxy groups -OCH3 is 1. The summed E-state index contributed by atoms with van der Waals surface area (Å²) in [6.07, 6.45) is -0.647. The van der Waals surface area contributed by atoms with E-state index in [0.717, 1.165) is 22.6 Å². The smallest absolute Gasteiger partial charge is 0.121 e. The molecule has 0 amide bonds. The van der Waals surface area contributed by atoms with Crippen LogP contribution in [0.1, 0.15) is 17.2 Å². The second-order valence-electron chi connectivity index (χ2n) is 4.60. The average molecular weight is 292 g/mol. The molecule has 0 aromatic heterocycles. The Hall–Kier alpha value is -1.71. The van der Waals surface area contributed by atoms with E-state index in [0.29, 0.717) is 11.6 Å². The van der Waals surface area contributed by atoms with Crippen LogP contribution in [0.5, 0.6) is 5.75 Å². The van der Waals surface area contributed by atoms with Crippen molar-refractivity contribution in [3.8, 4) is 5.75 Å². The van der Waals surface area contributed by atoms with Crippen LogP contribution in [-0.4, -0.2) is 18.8 Å². The Labute approximate surface area is 124 Å². The van der Waals surface area contributed by atoms with E-state index in [1.54, 1.807) is 13.2 Å². The Bertz CT molecular complexity index is 586. The molecule has 0 aliphatic rings. The summed E-state index contributed by atoms with van der Waals surface area (Å²) in [7, 11) is 1.65. The molecule has 0 aliphatic carbocycles. The van der Waals surface area contributed by atoms with Crippen molar-refractivity contribution in [3.05, 3.63) is 58.6 Å². The lowest BCUT2D eigenvalue weighted by molar-refractivity contribution is 0.192. The number of anilines is 1. The van der Waals surface area contributed by atoms with E-state index < -0.39 is 6.10 Å². The molecule has 2 rings (SSSR count). The van der Waals surface area contributed by atoms with E-state index in [4.69, 9.17) is 16.3 Å². The Morgan fingerprint density at radius 2 is 2.00 bits per heavy atom. The molecule has 3 nitrogen and oxygen atoms in total. The quantitative estimate of drug-likeness (QED) is 0.880. The molecule has 0 heterocycles. The third kappa shape index (κ3) is 3.44. The van der Waals surface area contributed by atoms with Crippen LogP contribution in [0.25, 0.3) is 0 Å². The number of benzene rings is 2. The minimum Gasteiger partial charge on any atom is -0.496 e. The SMILES string of the molecule is COc1ccc(NCC(O)c2ccccc2Cl)cc1C. The van der Waals surface area contributed by atoms with Crippen molar-refractivity contribution in [2.24, 2.45) is 0 Å². The zero-order valence-electron chi connectivity index (χ0n) is 11.6. The lowest BCUT2D eigenvalue weighted by atomic mass is 10.1. The van der Waals surface area contributed by atoms with E-state index in [1.165, 1.54) is 0 Å². The normalized spacial score (nSPS) is 12.0. The molecule has 1 atom stereocenters. The Balaban J connectivity index is 2.02. The fraction of sp³-hybridized carbons (Fsp3) is 0.250. The van der Waals surface area contributed by atoms with Crippen LogP contribution in [0.3, 0.4) is 0 Å². The topological polar surface area (TPSA) is 41.5 Å². The van der Waals surface area contributed by atoms with Crippen LogP contribution in [0.4, 0.5) is 5.69 Å². The summed E-state index contributed by atoms with van der Waals surface area (Å²) in [4.78, 5) is 0. The lowest BCUT2D eigenvalue weighted by Gasteiger charge is -2.15. The lowest BCUT2D eigenvalue weighted by Crippen LogP contribution is -2.12. The second kappa shape index (κ2) is 6.64. The second-order valence-corrected chi connectivity index (χ2v) is 5.01. The summed E-state index contributed by atoms with van der Waals surface area (Å²) >= 11 is 6.06. The molecule has 1 unspecified atom stereocenters.